The molecule has 0 unspecified atom stereocenters. The lowest BCUT2D eigenvalue weighted by Crippen LogP contribution is -2.28. The Hall–Kier alpha value is -1.20. The van der Waals surface area contributed by atoms with Crippen LogP contribution in [0.25, 0.3) is 0 Å². The number of aliphatic hydroxyl groups is 1. The zero-order chi connectivity index (χ0) is 11.3. The Morgan fingerprint density at radius 1 is 1.53 bits per heavy atom. The van der Waals surface area contributed by atoms with Crippen molar-refractivity contribution in [2.75, 3.05) is 6.61 Å². The highest BCUT2D eigenvalue weighted by molar-refractivity contribution is 7.80. The van der Waals surface area contributed by atoms with Crippen molar-refractivity contribution >= 4 is 17.2 Å². The molecule has 4 nitrogen and oxygen atoms in total. The predicted octanol–water partition coefficient (Wildman–Crippen LogP) is 0.255. The Morgan fingerprint density at radius 3 is 2.87 bits per heavy atom. The van der Waals surface area contributed by atoms with E-state index in [1.54, 1.807) is 22.9 Å². The van der Waals surface area contributed by atoms with Crippen molar-refractivity contribution in [2.45, 2.75) is 19.4 Å². The highest BCUT2D eigenvalue weighted by atomic mass is 32.1. The average molecular weight is 226 g/mol. The largest absolute Gasteiger partial charge is 0.396 e. The summed E-state index contributed by atoms with van der Waals surface area (Å²) in [6, 6.07) is 3.36. The van der Waals surface area contributed by atoms with E-state index in [1.807, 2.05) is 0 Å². The molecule has 0 atom stereocenters. The van der Waals surface area contributed by atoms with Gasteiger partial charge in [0.25, 0.3) is 5.56 Å². The number of aromatic nitrogens is 1. The van der Waals surface area contributed by atoms with E-state index in [0.717, 1.165) is 6.42 Å². The summed E-state index contributed by atoms with van der Waals surface area (Å²) in [6.07, 6.45) is 3.14. The second-order valence-corrected chi connectivity index (χ2v) is 3.66. The molecule has 0 aliphatic heterocycles. The maximum absolute atomic E-state index is 11.7. The standard InChI is InChI=1S/C10H14N2O2S/c11-9(15)8-4-3-6-12(10(8)14)5-1-2-7-13/h3-4,6,13H,1-2,5,7H2,(H2,11,15). The third kappa shape index (κ3) is 3.14. The van der Waals surface area contributed by atoms with Gasteiger partial charge in [0.15, 0.2) is 0 Å². The van der Waals surface area contributed by atoms with Crippen LogP contribution < -0.4 is 11.3 Å². The molecule has 3 N–H and O–H groups in total. The van der Waals surface area contributed by atoms with Gasteiger partial charge in [-0.3, -0.25) is 4.79 Å². The molecule has 0 saturated heterocycles. The summed E-state index contributed by atoms with van der Waals surface area (Å²) < 4.78 is 1.56. The molecule has 0 aliphatic rings. The first-order valence-corrected chi connectivity index (χ1v) is 5.17. The van der Waals surface area contributed by atoms with Gasteiger partial charge in [-0.1, -0.05) is 12.2 Å². The van der Waals surface area contributed by atoms with E-state index in [-0.39, 0.29) is 17.2 Å². The summed E-state index contributed by atoms with van der Waals surface area (Å²) in [5, 5.41) is 8.63. The molecular formula is C10H14N2O2S. The fourth-order valence-electron chi connectivity index (χ4n) is 1.29. The number of nitrogens with zero attached hydrogens (tertiary/aromatic N) is 1. The highest BCUT2D eigenvalue weighted by Crippen LogP contribution is 1.95. The Labute approximate surface area is 93.3 Å². The molecule has 1 aromatic rings. The quantitative estimate of drug-likeness (QED) is 0.558. The van der Waals surface area contributed by atoms with E-state index in [1.165, 1.54) is 0 Å². The highest BCUT2D eigenvalue weighted by Gasteiger charge is 2.04. The van der Waals surface area contributed by atoms with E-state index >= 15 is 0 Å². The van der Waals surface area contributed by atoms with Crippen LogP contribution in [0, 0.1) is 0 Å². The molecule has 1 heterocycles. The second-order valence-electron chi connectivity index (χ2n) is 3.22. The number of unbranched alkanes of at least 4 members (excludes halogenated alkanes) is 1. The van der Waals surface area contributed by atoms with Crippen LogP contribution in [-0.4, -0.2) is 21.3 Å². The molecule has 1 rings (SSSR count). The average Bonchev–Trinajstić information content (AvgIpc) is 2.20. The zero-order valence-corrected chi connectivity index (χ0v) is 9.17. The molecule has 5 heteroatoms. The van der Waals surface area contributed by atoms with Gasteiger partial charge in [0.1, 0.15) is 4.99 Å². The molecular weight excluding hydrogens is 212 g/mol. The number of nitrogens with two attached hydrogens (primary N) is 1. The van der Waals surface area contributed by atoms with Crippen molar-refractivity contribution in [1.29, 1.82) is 0 Å². The van der Waals surface area contributed by atoms with E-state index in [0.29, 0.717) is 18.5 Å². The predicted molar refractivity (Wildman–Crippen MR) is 62.9 cm³/mol. The van der Waals surface area contributed by atoms with Crippen LogP contribution in [0.1, 0.15) is 18.4 Å². The maximum Gasteiger partial charge on any atom is 0.260 e. The fraction of sp³-hybridized carbons (Fsp3) is 0.400. The van der Waals surface area contributed by atoms with Gasteiger partial charge < -0.3 is 15.4 Å². The Kier molecular flexibility index (Phi) is 4.45. The molecule has 0 radical (unpaired) electrons. The summed E-state index contributed by atoms with van der Waals surface area (Å²) in [6.45, 7) is 0.722. The Bertz CT molecular complexity index is 401. The molecule has 0 fully saturated rings. The lowest BCUT2D eigenvalue weighted by atomic mass is 10.2. The molecule has 0 amide bonds. The Morgan fingerprint density at radius 2 is 2.27 bits per heavy atom. The minimum atomic E-state index is -0.164. The Balaban J connectivity index is 2.85. The van der Waals surface area contributed by atoms with Crippen LogP contribution in [0.2, 0.25) is 0 Å². The number of pyridine rings is 1. The van der Waals surface area contributed by atoms with Crippen molar-refractivity contribution in [2.24, 2.45) is 5.73 Å². The number of hydrogen-bond acceptors (Lipinski definition) is 3. The summed E-state index contributed by atoms with van der Waals surface area (Å²) in [4.78, 5) is 11.9. The van der Waals surface area contributed by atoms with Crippen LogP contribution in [0.4, 0.5) is 0 Å². The number of hydrogen-bond donors (Lipinski definition) is 2. The smallest absolute Gasteiger partial charge is 0.260 e. The molecule has 0 aromatic carbocycles. The second kappa shape index (κ2) is 5.63. The van der Waals surface area contributed by atoms with Gasteiger partial charge in [-0.2, -0.15) is 0 Å². The van der Waals surface area contributed by atoms with E-state index in [2.05, 4.69) is 0 Å². The first-order valence-electron chi connectivity index (χ1n) is 4.77. The van der Waals surface area contributed by atoms with Crippen molar-refractivity contribution in [3.05, 3.63) is 34.2 Å². The minimum absolute atomic E-state index is 0.122. The topological polar surface area (TPSA) is 68.2 Å². The minimum Gasteiger partial charge on any atom is -0.396 e. The molecule has 1 aromatic heterocycles. The summed E-state index contributed by atoms with van der Waals surface area (Å²) >= 11 is 4.77. The van der Waals surface area contributed by atoms with E-state index in [4.69, 9.17) is 23.1 Å². The van der Waals surface area contributed by atoms with Crippen LogP contribution in [0.3, 0.4) is 0 Å². The molecule has 0 saturated carbocycles. The van der Waals surface area contributed by atoms with Crippen LogP contribution in [0.15, 0.2) is 23.1 Å². The van der Waals surface area contributed by atoms with Crippen LogP contribution in [0.5, 0.6) is 0 Å². The van der Waals surface area contributed by atoms with Crippen LogP contribution >= 0.6 is 12.2 Å². The van der Waals surface area contributed by atoms with Gasteiger partial charge in [0.05, 0.1) is 5.56 Å². The van der Waals surface area contributed by atoms with Crippen molar-refractivity contribution in [3.8, 4) is 0 Å². The van der Waals surface area contributed by atoms with Crippen molar-refractivity contribution in [1.82, 2.24) is 4.57 Å². The molecule has 82 valence electrons. The summed E-state index contributed by atoms with van der Waals surface area (Å²) in [7, 11) is 0. The third-order valence-corrected chi connectivity index (χ3v) is 2.31. The SMILES string of the molecule is NC(=S)c1cccn(CCCCO)c1=O. The number of thiocarbonyl (C=S) groups is 1. The van der Waals surface area contributed by atoms with Gasteiger partial charge in [-0.15, -0.1) is 0 Å². The molecule has 0 spiro atoms. The van der Waals surface area contributed by atoms with Gasteiger partial charge >= 0.3 is 0 Å². The van der Waals surface area contributed by atoms with Crippen molar-refractivity contribution in [3.63, 3.8) is 0 Å². The lowest BCUT2D eigenvalue weighted by molar-refractivity contribution is 0.281. The van der Waals surface area contributed by atoms with Gasteiger partial charge in [0.2, 0.25) is 0 Å². The summed E-state index contributed by atoms with van der Waals surface area (Å²) in [5.41, 5.74) is 5.62. The lowest BCUT2D eigenvalue weighted by Gasteiger charge is -2.06. The van der Waals surface area contributed by atoms with Gasteiger partial charge in [-0.05, 0) is 25.0 Å². The van der Waals surface area contributed by atoms with Gasteiger partial charge in [0, 0.05) is 19.3 Å². The molecule has 0 aliphatic carbocycles. The fourth-order valence-corrected chi connectivity index (χ4v) is 1.45. The van der Waals surface area contributed by atoms with E-state index < -0.39 is 0 Å². The monoisotopic (exact) mass is 226 g/mol. The molecule has 0 bridgehead atoms. The number of aryl methyl sites for hydroxylation is 1. The zero-order valence-electron chi connectivity index (χ0n) is 8.35. The van der Waals surface area contributed by atoms with Gasteiger partial charge in [-0.25, -0.2) is 0 Å². The van der Waals surface area contributed by atoms with Crippen LogP contribution in [-0.2, 0) is 6.54 Å². The normalized spacial score (nSPS) is 10.2. The van der Waals surface area contributed by atoms with Crippen molar-refractivity contribution < 1.29 is 5.11 Å². The third-order valence-electron chi connectivity index (χ3n) is 2.09. The maximum atomic E-state index is 11.7. The number of rotatable bonds is 5. The summed E-state index contributed by atoms with van der Waals surface area (Å²) in [5.74, 6) is 0. The van der Waals surface area contributed by atoms with E-state index in [9.17, 15) is 4.79 Å². The molecule has 15 heavy (non-hydrogen) atoms. The first-order chi connectivity index (χ1) is 7.16. The first kappa shape index (κ1) is 11.9. The number of aliphatic hydroxyl groups excluding tert-OH is 1.